The average Bonchev–Trinajstić information content (AvgIpc) is 2.08. The largest absolute Gasteiger partial charge is 0.411 e. The second-order valence-corrected chi connectivity index (χ2v) is 2.52. The third-order valence-corrected chi connectivity index (χ3v) is 1.73. The number of aliphatic imine (C=N–C) groups is 1. The first kappa shape index (κ1) is 6.92. The van der Waals surface area contributed by atoms with Gasteiger partial charge in [-0.1, -0.05) is 0 Å². The van der Waals surface area contributed by atoms with Crippen LogP contribution in [0.4, 0.5) is 13.2 Å². The molecular formula is C4H4F3NS. The first-order valence-corrected chi connectivity index (χ1v) is 3.35. The van der Waals surface area contributed by atoms with Gasteiger partial charge in [0.1, 0.15) is 0 Å². The Hall–Kier alpha value is -0.190. The quantitative estimate of drug-likeness (QED) is 0.518. The van der Waals surface area contributed by atoms with Crippen LogP contribution < -0.4 is 0 Å². The van der Waals surface area contributed by atoms with Crippen molar-refractivity contribution < 1.29 is 13.2 Å². The highest BCUT2D eigenvalue weighted by molar-refractivity contribution is 8.12. The van der Waals surface area contributed by atoms with Crippen molar-refractivity contribution in [3.8, 4) is 0 Å². The number of alkyl halides is 3. The molecular weight excluding hydrogens is 151 g/mol. The fourth-order valence-corrected chi connectivity index (χ4v) is 1.25. The van der Waals surface area contributed by atoms with Gasteiger partial charge in [-0.3, -0.25) is 4.99 Å². The van der Waals surface area contributed by atoms with E-state index in [0.29, 0.717) is 0 Å². The topological polar surface area (TPSA) is 12.4 Å². The van der Waals surface area contributed by atoms with E-state index >= 15 is 0 Å². The maximum Gasteiger partial charge on any atom is 0.411 e. The molecule has 0 saturated carbocycles. The summed E-state index contributed by atoms with van der Waals surface area (Å²) >= 11 is 1.10. The third kappa shape index (κ3) is 1.61. The number of nitrogens with zero attached hydrogens (tertiary/aromatic N) is 1. The Kier molecular flexibility index (Phi) is 1.70. The van der Waals surface area contributed by atoms with E-state index in [2.05, 4.69) is 4.99 Å². The molecule has 1 aliphatic heterocycles. The van der Waals surface area contributed by atoms with Crippen LogP contribution in [0.1, 0.15) is 0 Å². The van der Waals surface area contributed by atoms with Crippen LogP contribution in [0.25, 0.3) is 0 Å². The van der Waals surface area contributed by atoms with Crippen molar-refractivity contribution in [2.24, 2.45) is 4.99 Å². The van der Waals surface area contributed by atoms with Gasteiger partial charge in [0.2, 0.25) is 0 Å². The Bertz CT molecular complexity index is 130. The molecule has 0 aromatic rings. The molecule has 0 bridgehead atoms. The molecule has 0 amide bonds. The van der Waals surface area contributed by atoms with E-state index < -0.39 is 12.2 Å². The molecule has 1 nitrogen and oxygen atoms in total. The van der Waals surface area contributed by atoms with Gasteiger partial charge < -0.3 is 0 Å². The standard InChI is InChI=1S/C4H4F3NS/c5-4(6,7)3-1-9-2-8-3/h2-3H,1H2. The highest BCUT2D eigenvalue weighted by Crippen LogP contribution is 2.28. The summed E-state index contributed by atoms with van der Waals surface area (Å²) in [6.07, 6.45) is -4.14. The molecule has 0 N–H and O–H groups in total. The van der Waals surface area contributed by atoms with Gasteiger partial charge in [-0.05, 0) is 0 Å². The monoisotopic (exact) mass is 155 g/mol. The lowest BCUT2D eigenvalue weighted by Crippen LogP contribution is -2.26. The van der Waals surface area contributed by atoms with Crippen LogP contribution in [0.15, 0.2) is 4.99 Å². The van der Waals surface area contributed by atoms with E-state index in [1.807, 2.05) is 0 Å². The summed E-state index contributed by atoms with van der Waals surface area (Å²) in [5.74, 6) is 0.0451. The van der Waals surface area contributed by atoms with Crippen LogP contribution in [0.3, 0.4) is 0 Å². The van der Waals surface area contributed by atoms with E-state index in [-0.39, 0.29) is 5.75 Å². The number of halogens is 3. The molecule has 0 spiro atoms. The number of rotatable bonds is 0. The van der Waals surface area contributed by atoms with Gasteiger partial charge in [0.25, 0.3) is 0 Å². The zero-order valence-electron chi connectivity index (χ0n) is 4.35. The van der Waals surface area contributed by atoms with Gasteiger partial charge >= 0.3 is 6.18 Å². The summed E-state index contributed by atoms with van der Waals surface area (Å²) in [7, 11) is 0. The fourth-order valence-electron chi connectivity index (χ4n) is 0.473. The molecule has 0 saturated heterocycles. The van der Waals surface area contributed by atoms with Gasteiger partial charge in [-0.25, -0.2) is 0 Å². The lowest BCUT2D eigenvalue weighted by Gasteiger charge is -2.09. The number of hydrogen-bond acceptors (Lipinski definition) is 2. The summed E-state index contributed by atoms with van der Waals surface area (Å²) in [6.45, 7) is 0. The maximum atomic E-state index is 11.6. The molecule has 0 aliphatic carbocycles. The minimum Gasteiger partial charge on any atom is -0.273 e. The van der Waals surface area contributed by atoms with Crippen molar-refractivity contribution in [2.75, 3.05) is 5.75 Å². The molecule has 5 heteroatoms. The van der Waals surface area contributed by atoms with Crippen molar-refractivity contribution in [3.05, 3.63) is 0 Å². The van der Waals surface area contributed by atoms with Crippen molar-refractivity contribution in [3.63, 3.8) is 0 Å². The summed E-state index contributed by atoms with van der Waals surface area (Å²) in [5, 5.41) is 0. The molecule has 0 aromatic carbocycles. The molecule has 1 aliphatic rings. The Morgan fingerprint density at radius 1 is 1.56 bits per heavy atom. The van der Waals surface area contributed by atoms with Crippen LogP contribution >= 0.6 is 11.8 Å². The molecule has 0 radical (unpaired) electrons. The van der Waals surface area contributed by atoms with Crippen LogP contribution in [-0.4, -0.2) is 23.5 Å². The molecule has 1 heterocycles. The lowest BCUT2D eigenvalue weighted by atomic mass is 10.3. The van der Waals surface area contributed by atoms with Crippen molar-refractivity contribution >= 4 is 17.3 Å². The average molecular weight is 155 g/mol. The molecule has 1 atom stereocenters. The van der Waals surface area contributed by atoms with Crippen LogP contribution in [-0.2, 0) is 0 Å². The Balaban J connectivity index is 2.53. The molecule has 9 heavy (non-hydrogen) atoms. The Morgan fingerprint density at radius 3 is 2.44 bits per heavy atom. The maximum absolute atomic E-state index is 11.6. The van der Waals surface area contributed by atoms with Crippen LogP contribution in [0.5, 0.6) is 0 Å². The fraction of sp³-hybridized carbons (Fsp3) is 0.750. The van der Waals surface area contributed by atoms with Gasteiger partial charge in [0.15, 0.2) is 6.04 Å². The molecule has 0 fully saturated rings. The van der Waals surface area contributed by atoms with Gasteiger partial charge in [-0.15, -0.1) is 11.8 Å². The van der Waals surface area contributed by atoms with E-state index in [0.717, 1.165) is 11.8 Å². The first-order valence-electron chi connectivity index (χ1n) is 2.30. The summed E-state index contributed by atoms with van der Waals surface area (Å²) in [4.78, 5) is 3.22. The zero-order chi connectivity index (χ0) is 6.91. The van der Waals surface area contributed by atoms with Crippen LogP contribution in [0.2, 0.25) is 0 Å². The zero-order valence-corrected chi connectivity index (χ0v) is 5.17. The van der Waals surface area contributed by atoms with E-state index in [1.165, 1.54) is 5.55 Å². The van der Waals surface area contributed by atoms with Crippen molar-refractivity contribution in [1.82, 2.24) is 0 Å². The van der Waals surface area contributed by atoms with Crippen LogP contribution in [0, 0.1) is 0 Å². The number of hydrogen-bond donors (Lipinski definition) is 0. The Labute approximate surface area is 54.3 Å². The predicted octanol–water partition coefficient (Wildman–Crippen LogP) is 1.69. The van der Waals surface area contributed by atoms with E-state index in [1.54, 1.807) is 0 Å². The number of thioether (sulfide) groups is 1. The van der Waals surface area contributed by atoms with E-state index in [9.17, 15) is 13.2 Å². The Morgan fingerprint density at radius 2 is 2.22 bits per heavy atom. The minimum atomic E-state index is -4.14. The minimum absolute atomic E-state index is 0.0451. The summed E-state index contributed by atoms with van der Waals surface area (Å²) in [5.41, 5.74) is 1.25. The van der Waals surface area contributed by atoms with Gasteiger partial charge in [0, 0.05) is 5.75 Å². The second-order valence-electron chi connectivity index (χ2n) is 1.65. The normalized spacial score (nSPS) is 27.2. The van der Waals surface area contributed by atoms with Gasteiger partial charge in [0.05, 0.1) is 5.55 Å². The first-order chi connectivity index (χ1) is 4.11. The molecule has 1 rings (SSSR count). The summed E-state index contributed by atoms with van der Waals surface area (Å²) in [6, 6.07) is -1.46. The lowest BCUT2D eigenvalue weighted by molar-refractivity contribution is -0.141. The molecule has 0 aromatic heterocycles. The second kappa shape index (κ2) is 2.21. The molecule has 52 valence electrons. The van der Waals surface area contributed by atoms with Crippen molar-refractivity contribution in [1.29, 1.82) is 0 Å². The highest BCUT2D eigenvalue weighted by Gasteiger charge is 2.40. The smallest absolute Gasteiger partial charge is 0.273 e. The molecule has 1 unspecified atom stereocenters. The highest BCUT2D eigenvalue weighted by atomic mass is 32.2. The summed E-state index contributed by atoms with van der Waals surface area (Å²) < 4.78 is 34.9. The van der Waals surface area contributed by atoms with Crippen molar-refractivity contribution in [2.45, 2.75) is 12.2 Å². The van der Waals surface area contributed by atoms with Gasteiger partial charge in [-0.2, -0.15) is 13.2 Å². The van der Waals surface area contributed by atoms with E-state index in [4.69, 9.17) is 0 Å². The SMILES string of the molecule is FC(F)(F)C1CSC=N1. The predicted molar refractivity (Wildman–Crippen MR) is 30.8 cm³/mol. The third-order valence-electron chi connectivity index (χ3n) is 0.947.